The van der Waals surface area contributed by atoms with Crippen LogP contribution in [0.2, 0.25) is 5.02 Å². The largest absolute Gasteiger partial charge is 0.484 e. The Labute approximate surface area is 156 Å². The number of hydrogen-bond acceptors (Lipinski definition) is 4. The van der Waals surface area contributed by atoms with E-state index in [1.54, 1.807) is 18.2 Å². The lowest BCUT2D eigenvalue weighted by Crippen LogP contribution is -2.49. The van der Waals surface area contributed by atoms with Gasteiger partial charge in [-0.05, 0) is 61.8 Å². The van der Waals surface area contributed by atoms with Gasteiger partial charge in [0.25, 0.3) is 5.91 Å². The molecule has 2 aliphatic carbocycles. The molecule has 4 atom stereocenters. The number of hydrazine groups is 1. The van der Waals surface area contributed by atoms with Gasteiger partial charge >= 0.3 is 5.97 Å². The van der Waals surface area contributed by atoms with Gasteiger partial charge in [0.15, 0.2) is 6.61 Å². The molecule has 0 spiro atoms. The van der Waals surface area contributed by atoms with Gasteiger partial charge in [-0.1, -0.05) is 11.6 Å². The molecular weight excluding hydrogens is 360 g/mol. The summed E-state index contributed by atoms with van der Waals surface area (Å²) in [7, 11) is 0. The van der Waals surface area contributed by atoms with Gasteiger partial charge in [-0.15, -0.1) is 0 Å². The van der Waals surface area contributed by atoms with Crippen LogP contribution in [0.15, 0.2) is 18.2 Å². The second kappa shape index (κ2) is 7.53. The van der Waals surface area contributed by atoms with Crippen LogP contribution in [0.25, 0.3) is 0 Å². The van der Waals surface area contributed by atoms with E-state index in [9.17, 15) is 19.5 Å². The summed E-state index contributed by atoms with van der Waals surface area (Å²) in [5.41, 5.74) is 5.47. The molecule has 26 heavy (non-hydrogen) atoms. The number of amides is 2. The van der Waals surface area contributed by atoms with Crippen molar-refractivity contribution < 1.29 is 24.2 Å². The number of rotatable bonds is 5. The quantitative estimate of drug-likeness (QED) is 0.677. The van der Waals surface area contributed by atoms with Crippen molar-refractivity contribution >= 4 is 29.4 Å². The van der Waals surface area contributed by atoms with Crippen molar-refractivity contribution in [2.45, 2.75) is 26.2 Å². The molecule has 7 nitrogen and oxygen atoms in total. The average molecular weight is 381 g/mol. The standard InChI is InChI=1S/C18H21ClN2O5/c1-9-6-12(4-5-13(9)19)26-8-14(22)20-21-17(23)15-10-2-3-11(7-10)16(15)18(24)25/h4-6,10-11,15-16H,2-3,7-8H2,1H3,(H,20,22)(H,21,23)(H,24,25)/t10-,11-,15-,16+/m0/s1. The second-order valence-corrected chi connectivity index (χ2v) is 7.37. The van der Waals surface area contributed by atoms with E-state index in [4.69, 9.17) is 16.3 Å². The van der Waals surface area contributed by atoms with E-state index in [0.29, 0.717) is 10.8 Å². The number of carbonyl (C=O) groups excluding carboxylic acids is 2. The van der Waals surface area contributed by atoms with E-state index in [1.807, 2.05) is 6.92 Å². The monoisotopic (exact) mass is 380 g/mol. The maximum atomic E-state index is 12.4. The van der Waals surface area contributed by atoms with Crippen LogP contribution < -0.4 is 15.6 Å². The van der Waals surface area contributed by atoms with E-state index >= 15 is 0 Å². The lowest BCUT2D eigenvalue weighted by molar-refractivity contribution is -0.150. The molecule has 1 aromatic carbocycles. The number of fused-ring (bicyclic) bond motifs is 2. The van der Waals surface area contributed by atoms with Crippen LogP contribution in [0.3, 0.4) is 0 Å². The first kappa shape index (κ1) is 18.5. The zero-order valence-corrected chi connectivity index (χ0v) is 15.1. The predicted octanol–water partition coefficient (Wildman–Crippen LogP) is 1.92. The van der Waals surface area contributed by atoms with Crippen LogP contribution in [0, 0.1) is 30.6 Å². The summed E-state index contributed by atoms with van der Waals surface area (Å²) >= 11 is 5.93. The maximum Gasteiger partial charge on any atom is 0.307 e. The SMILES string of the molecule is Cc1cc(OCC(=O)NNC(=O)[C@H]2[C@H]3CC[C@@H](C3)[C@H]2C(=O)O)ccc1Cl. The van der Waals surface area contributed by atoms with Gasteiger partial charge in [0.2, 0.25) is 5.91 Å². The first-order valence-electron chi connectivity index (χ1n) is 8.57. The topological polar surface area (TPSA) is 105 Å². The molecule has 0 radical (unpaired) electrons. The van der Waals surface area contributed by atoms with Crippen LogP contribution in [0.5, 0.6) is 5.75 Å². The Morgan fingerprint density at radius 1 is 1.19 bits per heavy atom. The fourth-order valence-corrected chi connectivity index (χ4v) is 4.25. The van der Waals surface area contributed by atoms with Gasteiger partial charge in [-0.3, -0.25) is 25.2 Å². The minimum Gasteiger partial charge on any atom is -0.484 e. The van der Waals surface area contributed by atoms with Gasteiger partial charge in [0.1, 0.15) is 5.75 Å². The molecule has 3 N–H and O–H groups in total. The first-order valence-corrected chi connectivity index (χ1v) is 8.95. The van der Waals surface area contributed by atoms with E-state index in [2.05, 4.69) is 10.9 Å². The number of halogens is 1. The van der Waals surface area contributed by atoms with Crippen molar-refractivity contribution in [3.05, 3.63) is 28.8 Å². The minimum atomic E-state index is -0.940. The van der Waals surface area contributed by atoms with Gasteiger partial charge in [0.05, 0.1) is 11.8 Å². The summed E-state index contributed by atoms with van der Waals surface area (Å²) in [6.07, 6.45) is 2.48. The fourth-order valence-electron chi connectivity index (χ4n) is 4.13. The number of ether oxygens (including phenoxy) is 1. The number of nitrogens with one attached hydrogen (secondary N) is 2. The molecule has 2 saturated carbocycles. The van der Waals surface area contributed by atoms with Crippen LogP contribution >= 0.6 is 11.6 Å². The molecule has 2 bridgehead atoms. The third kappa shape index (κ3) is 3.77. The smallest absolute Gasteiger partial charge is 0.307 e. The first-order chi connectivity index (χ1) is 12.4. The molecule has 8 heteroatoms. The van der Waals surface area contributed by atoms with Crippen molar-refractivity contribution in [3.63, 3.8) is 0 Å². The van der Waals surface area contributed by atoms with Crippen LogP contribution in [-0.4, -0.2) is 29.5 Å². The Morgan fingerprint density at radius 2 is 1.88 bits per heavy atom. The zero-order valence-electron chi connectivity index (χ0n) is 14.3. The molecule has 0 heterocycles. The number of carboxylic acids is 1. The van der Waals surface area contributed by atoms with E-state index in [-0.39, 0.29) is 18.4 Å². The number of aliphatic carboxylic acids is 1. The van der Waals surface area contributed by atoms with Crippen molar-refractivity contribution in [3.8, 4) is 5.75 Å². The number of carboxylic acid groups (broad SMARTS) is 1. The Balaban J connectivity index is 1.49. The lowest BCUT2D eigenvalue weighted by atomic mass is 9.79. The predicted molar refractivity (Wildman–Crippen MR) is 93.4 cm³/mol. The van der Waals surface area contributed by atoms with E-state index in [1.165, 1.54) is 0 Å². The molecule has 2 amide bonds. The van der Waals surface area contributed by atoms with Crippen molar-refractivity contribution in [2.75, 3.05) is 6.61 Å². The summed E-state index contributed by atoms with van der Waals surface area (Å²) in [5.74, 6) is -2.55. The molecule has 0 unspecified atom stereocenters. The molecule has 2 fully saturated rings. The molecule has 1 aromatic rings. The third-order valence-electron chi connectivity index (χ3n) is 5.33. The Bertz CT molecular complexity index is 738. The van der Waals surface area contributed by atoms with Crippen LogP contribution in [-0.2, 0) is 14.4 Å². The summed E-state index contributed by atoms with van der Waals surface area (Å²) in [4.78, 5) is 35.7. The molecule has 2 aliphatic rings. The van der Waals surface area contributed by atoms with Crippen LogP contribution in [0.1, 0.15) is 24.8 Å². The number of hydrogen-bond donors (Lipinski definition) is 3. The Morgan fingerprint density at radius 3 is 2.54 bits per heavy atom. The summed E-state index contributed by atoms with van der Waals surface area (Å²) in [6, 6.07) is 5.03. The highest BCUT2D eigenvalue weighted by molar-refractivity contribution is 6.31. The normalized spacial score (nSPS) is 26.4. The van der Waals surface area contributed by atoms with Gasteiger partial charge in [-0.25, -0.2) is 0 Å². The molecule has 3 rings (SSSR count). The minimum absolute atomic E-state index is 0.0560. The molecule has 0 saturated heterocycles. The summed E-state index contributed by atoms with van der Waals surface area (Å²) < 4.78 is 5.35. The highest BCUT2D eigenvalue weighted by Crippen LogP contribution is 2.52. The van der Waals surface area contributed by atoms with E-state index < -0.39 is 29.6 Å². The summed E-state index contributed by atoms with van der Waals surface area (Å²) in [6.45, 7) is 1.55. The van der Waals surface area contributed by atoms with Crippen molar-refractivity contribution in [1.29, 1.82) is 0 Å². The maximum absolute atomic E-state index is 12.4. The summed E-state index contributed by atoms with van der Waals surface area (Å²) in [5, 5.41) is 9.99. The van der Waals surface area contributed by atoms with Gasteiger partial charge < -0.3 is 9.84 Å². The number of carbonyl (C=O) groups is 3. The van der Waals surface area contributed by atoms with Crippen LogP contribution in [0.4, 0.5) is 0 Å². The van der Waals surface area contributed by atoms with Crippen molar-refractivity contribution in [2.24, 2.45) is 23.7 Å². The molecular formula is C18H21ClN2O5. The van der Waals surface area contributed by atoms with Crippen molar-refractivity contribution in [1.82, 2.24) is 10.9 Å². The second-order valence-electron chi connectivity index (χ2n) is 6.96. The fraction of sp³-hybridized carbons (Fsp3) is 0.500. The number of aryl methyl sites for hydroxylation is 1. The third-order valence-corrected chi connectivity index (χ3v) is 5.75. The van der Waals surface area contributed by atoms with E-state index in [0.717, 1.165) is 24.8 Å². The zero-order chi connectivity index (χ0) is 18.8. The Kier molecular flexibility index (Phi) is 5.36. The Hall–Kier alpha value is -2.28. The highest BCUT2D eigenvalue weighted by Gasteiger charge is 2.54. The highest BCUT2D eigenvalue weighted by atomic mass is 35.5. The van der Waals surface area contributed by atoms with Gasteiger partial charge in [0, 0.05) is 5.02 Å². The molecule has 140 valence electrons. The number of benzene rings is 1. The molecule has 0 aliphatic heterocycles. The lowest BCUT2D eigenvalue weighted by Gasteiger charge is -2.26. The van der Waals surface area contributed by atoms with Gasteiger partial charge in [-0.2, -0.15) is 0 Å². The molecule has 0 aromatic heterocycles. The average Bonchev–Trinajstić information content (AvgIpc) is 3.21.